The molecule has 2 aromatic carbocycles. The summed E-state index contributed by atoms with van der Waals surface area (Å²) < 4.78 is 6.38. The maximum atomic E-state index is 13.8. The number of nitrogens with one attached hydrogen (secondary N) is 1. The summed E-state index contributed by atoms with van der Waals surface area (Å²) in [5.41, 5.74) is 4.56. The van der Waals surface area contributed by atoms with E-state index in [9.17, 15) is 4.79 Å². The summed E-state index contributed by atoms with van der Waals surface area (Å²) in [5, 5.41) is 3.22. The van der Waals surface area contributed by atoms with Gasteiger partial charge in [-0.1, -0.05) is 48.5 Å². The molecule has 1 aliphatic heterocycles. The van der Waals surface area contributed by atoms with E-state index in [2.05, 4.69) is 27.4 Å². The van der Waals surface area contributed by atoms with Gasteiger partial charge in [0.2, 0.25) is 5.95 Å². The van der Waals surface area contributed by atoms with Crippen LogP contribution in [0.2, 0.25) is 0 Å². The van der Waals surface area contributed by atoms with Gasteiger partial charge in [-0.15, -0.1) is 0 Å². The minimum atomic E-state index is -0.111. The van der Waals surface area contributed by atoms with Crippen molar-refractivity contribution < 1.29 is 9.53 Å². The monoisotopic (exact) mass is 551 g/mol. The second-order valence-electron chi connectivity index (χ2n) is 10.3. The molecule has 1 atom stereocenters. The molecule has 9 nitrogen and oxygen atoms in total. The Hall–Kier alpha value is -4.34. The van der Waals surface area contributed by atoms with Gasteiger partial charge >= 0.3 is 0 Å². The Labute approximate surface area is 241 Å². The molecule has 0 saturated carbocycles. The Bertz CT molecular complexity index is 1430. The van der Waals surface area contributed by atoms with Gasteiger partial charge in [-0.2, -0.15) is 4.98 Å². The number of amides is 1. The van der Waals surface area contributed by atoms with E-state index < -0.39 is 0 Å². The van der Waals surface area contributed by atoms with Crippen molar-refractivity contribution in [3.05, 3.63) is 108 Å². The zero-order valence-electron chi connectivity index (χ0n) is 23.9. The molecular weight excluding hydrogens is 514 g/mol. The lowest BCUT2D eigenvalue weighted by atomic mass is 10.1. The smallest absolute Gasteiger partial charge is 0.263 e. The molecule has 0 radical (unpaired) electrons. The molecule has 41 heavy (non-hydrogen) atoms. The summed E-state index contributed by atoms with van der Waals surface area (Å²) in [6.07, 6.45) is 6.08. The van der Waals surface area contributed by atoms with Crippen LogP contribution in [0.25, 0.3) is 0 Å². The summed E-state index contributed by atoms with van der Waals surface area (Å²) in [5.74, 6) is 1.08. The van der Waals surface area contributed by atoms with Gasteiger partial charge in [0.05, 0.1) is 12.7 Å². The van der Waals surface area contributed by atoms with Gasteiger partial charge in [-0.05, 0) is 54.9 Å². The predicted molar refractivity (Wildman–Crippen MR) is 162 cm³/mol. The zero-order valence-corrected chi connectivity index (χ0v) is 23.9. The van der Waals surface area contributed by atoms with Crippen LogP contribution in [-0.4, -0.2) is 61.6 Å². The maximum absolute atomic E-state index is 13.8. The van der Waals surface area contributed by atoms with Crippen molar-refractivity contribution in [2.45, 2.75) is 25.7 Å². The number of carbonyl (C=O) groups excluding carboxylic acids is 1. The highest BCUT2D eigenvalue weighted by Crippen LogP contribution is 2.29. The lowest BCUT2D eigenvalue weighted by molar-refractivity contribution is 0.0344. The first kappa shape index (κ1) is 28.2. The largest absolute Gasteiger partial charge is 0.369 e. The van der Waals surface area contributed by atoms with E-state index in [0.717, 1.165) is 35.3 Å². The van der Waals surface area contributed by atoms with Crippen LogP contribution in [0.3, 0.4) is 0 Å². The Kier molecular flexibility index (Phi) is 9.18. The predicted octanol–water partition coefficient (Wildman–Crippen LogP) is 4.47. The highest BCUT2D eigenvalue weighted by molar-refractivity contribution is 6.09. The fourth-order valence-corrected chi connectivity index (χ4v) is 4.98. The lowest BCUT2D eigenvalue weighted by Crippen LogP contribution is -2.33. The molecule has 1 amide bonds. The zero-order chi connectivity index (χ0) is 28.6. The summed E-state index contributed by atoms with van der Waals surface area (Å²) in [6, 6.07) is 22.3. The average Bonchev–Trinajstić information content (AvgIpc) is 3.13. The summed E-state index contributed by atoms with van der Waals surface area (Å²) in [7, 11) is 5.85. The van der Waals surface area contributed by atoms with Crippen molar-refractivity contribution in [2.75, 3.05) is 55.5 Å². The molecule has 2 aromatic heterocycles. The van der Waals surface area contributed by atoms with Crippen LogP contribution in [0, 0.1) is 0 Å². The quantitative estimate of drug-likeness (QED) is 0.292. The summed E-state index contributed by atoms with van der Waals surface area (Å²) in [4.78, 5) is 33.1. The molecule has 9 heteroatoms. The van der Waals surface area contributed by atoms with E-state index in [1.165, 1.54) is 0 Å². The second-order valence-corrected chi connectivity index (χ2v) is 10.3. The van der Waals surface area contributed by atoms with Crippen molar-refractivity contribution in [3.8, 4) is 0 Å². The highest BCUT2D eigenvalue weighted by atomic mass is 16.5. The molecule has 0 spiro atoms. The van der Waals surface area contributed by atoms with Gasteiger partial charge in [0.15, 0.2) is 0 Å². The number of rotatable bonds is 11. The Morgan fingerprint density at radius 2 is 1.85 bits per heavy atom. The van der Waals surface area contributed by atoms with E-state index in [4.69, 9.17) is 9.72 Å². The number of likely N-dealkylation sites (N-methyl/N-ethyl adjacent to an activating group) is 1. The van der Waals surface area contributed by atoms with Gasteiger partial charge in [0.25, 0.3) is 5.91 Å². The lowest BCUT2D eigenvalue weighted by Gasteiger charge is -2.22. The number of pyridine rings is 1. The van der Waals surface area contributed by atoms with E-state index in [-0.39, 0.29) is 12.0 Å². The van der Waals surface area contributed by atoms with Crippen LogP contribution < -0.4 is 20.0 Å². The van der Waals surface area contributed by atoms with E-state index in [1.807, 2.05) is 96.6 Å². The van der Waals surface area contributed by atoms with Crippen LogP contribution in [0.4, 0.5) is 17.5 Å². The molecule has 0 fully saturated rings. The molecule has 4 aromatic rings. The Morgan fingerprint density at radius 3 is 2.63 bits per heavy atom. The molecule has 1 aliphatic rings. The van der Waals surface area contributed by atoms with Crippen LogP contribution in [-0.2, 0) is 17.9 Å². The topological polar surface area (TPSA) is 86.7 Å². The molecule has 1 N–H and O–H groups in total. The number of ether oxygens (including phenoxy) is 1. The van der Waals surface area contributed by atoms with E-state index >= 15 is 0 Å². The molecule has 5 rings (SSSR count). The third-order valence-electron chi connectivity index (χ3n) is 7.24. The Balaban J connectivity index is 1.32. The molecular formula is C32H37N7O2. The van der Waals surface area contributed by atoms with E-state index in [1.54, 1.807) is 12.4 Å². The van der Waals surface area contributed by atoms with Gasteiger partial charge < -0.3 is 24.8 Å². The molecule has 212 valence electrons. The summed E-state index contributed by atoms with van der Waals surface area (Å²) in [6.45, 7) is 3.10. The number of hydrogen-bond donors (Lipinski definition) is 1. The molecule has 0 saturated heterocycles. The van der Waals surface area contributed by atoms with Crippen LogP contribution in [0.15, 0.2) is 85.3 Å². The third kappa shape index (κ3) is 6.87. The third-order valence-corrected chi connectivity index (χ3v) is 7.24. The number of nitrogens with zero attached hydrogens (tertiary/aromatic N) is 6. The maximum Gasteiger partial charge on any atom is 0.263 e. The van der Waals surface area contributed by atoms with Crippen molar-refractivity contribution in [3.63, 3.8) is 0 Å². The number of benzene rings is 2. The molecule has 0 unspecified atom stereocenters. The Morgan fingerprint density at radius 1 is 1.02 bits per heavy atom. The SMILES string of the molecule is CNCC[C@@H](OCc1cccc(N2CCN(C)c3nc(N(C)Cc4cccnc4)ncc3C2=O)c1)c1ccccc1. The van der Waals surface area contributed by atoms with Crippen molar-refractivity contribution in [1.29, 1.82) is 0 Å². The molecule has 0 bridgehead atoms. The minimum absolute atomic E-state index is 0.0183. The highest BCUT2D eigenvalue weighted by Gasteiger charge is 2.28. The standard InChI is InChI=1S/C32H37N7O2/c1-33-16-14-29(26-11-5-4-6-12-26)41-23-24-9-7-13-27(19-24)39-18-17-37(2)30-28(31(39)40)21-35-32(36-30)38(3)22-25-10-8-15-34-20-25/h4-13,15,19-21,29,33H,14,16-18,22-23H2,1-3H3/t29-/m1/s1. The van der Waals surface area contributed by atoms with Gasteiger partial charge in [0, 0.05) is 58.0 Å². The van der Waals surface area contributed by atoms with E-state index in [0.29, 0.717) is 43.6 Å². The number of fused-ring (bicyclic) bond motifs is 1. The minimum Gasteiger partial charge on any atom is -0.369 e. The van der Waals surface area contributed by atoms with Crippen molar-refractivity contribution in [1.82, 2.24) is 20.3 Å². The van der Waals surface area contributed by atoms with Crippen LogP contribution >= 0.6 is 0 Å². The number of hydrogen-bond acceptors (Lipinski definition) is 8. The van der Waals surface area contributed by atoms with Gasteiger partial charge in [0.1, 0.15) is 11.4 Å². The first-order valence-electron chi connectivity index (χ1n) is 13.9. The number of carbonyl (C=O) groups is 1. The number of anilines is 3. The average molecular weight is 552 g/mol. The fraction of sp³-hybridized carbons (Fsp3) is 0.312. The van der Waals surface area contributed by atoms with Crippen molar-refractivity contribution in [2.24, 2.45) is 0 Å². The second kappa shape index (κ2) is 13.3. The normalized spacial score (nSPS) is 14.0. The first-order valence-corrected chi connectivity index (χ1v) is 13.9. The van der Waals surface area contributed by atoms with Gasteiger partial charge in [-0.3, -0.25) is 9.78 Å². The molecule has 3 heterocycles. The van der Waals surface area contributed by atoms with Crippen LogP contribution in [0.1, 0.15) is 39.6 Å². The van der Waals surface area contributed by atoms with Crippen molar-refractivity contribution >= 4 is 23.4 Å². The van der Waals surface area contributed by atoms with Crippen LogP contribution in [0.5, 0.6) is 0 Å². The number of aromatic nitrogens is 3. The van der Waals surface area contributed by atoms with Gasteiger partial charge in [-0.25, -0.2) is 4.98 Å². The first-order chi connectivity index (χ1) is 20.0. The molecule has 0 aliphatic carbocycles. The summed E-state index contributed by atoms with van der Waals surface area (Å²) >= 11 is 0. The fourth-order valence-electron chi connectivity index (χ4n) is 4.98.